The number of aromatic nitrogens is 1. The minimum absolute atomic E-state index is 0.395. The molecular weight excluding hydrogens is 198 g/mol. The summed E-state index contributed by atoms with van der Waals surface area (Å²) in [7, 11) is -3.09. The first kappa shape index (κ1) is 9.65. The van der Waals surface area contributed by atoms with Crippen LogP contribution in [0, 0.1) is 6.92 Å². The average Bonchev–Trinajstić information content (AvgIpc) is 2.83. The molecule has 1 aromatic rings. The molecule has 0 N–H and O–H groups in total. The van der Waals surface area contributed by atoms with Crippen molar-refractivity contribution in [3.8, 4) is 0 Å². The van der Waals surface area contributed by atoms with E-state index in [1.54, 1.807) is 12.1 Å². The number of pyridine rings is 1. The number of aryl methyl sites for hydroxylation is 1. The van der Waals surface area contributed by atoms with Gasteiger partial charge in [-0.05, 0) is 31.9 Å². The Morgan fingerprint density at radius 3 is 2.50 bits per heavy atom. The zero-order valence-corrected chi connectivity index (χ0v) is 9.13. The van der Waals surface area contributed by atoms with Gasteiger partial charge in [-0.3, -0.25) is 4.98 Å². The lowest BCUT2D eigenvalue weighted by Gasteiger charge is -2.03. The van der Waals surface area contributed by atoms with Crippen LogP contribution in [-0.2, 0) is 9.84 Å². The quantitative estimate of drug-likeness (QED) is 0.747. The summed E-state index contributed by atoms with van der Waals surface area (Å²) in [5.74, 6) is 0.496. The van der Waals surface area contributed by atoms with E-state index in [0.717, 1.165) is 24.2 Å². The molecule has 1 fully saturated rings. The predicted octanol–water partition coefficient (Wildman–Crippen LogP) is 1.67. The smallest absolute Gasteiger partial charge is 0.175 e. The lowest BCUT2D eigenvalue weighted by molar-refractivity contribution is 0.601. The highest BCUT2D eigenvalue weighted by Crippen LogP contribution is 2.39. The molecule has 1 aromatic heterocycles. The minimum atomic E-state index is -3.09. The first-order chi connectivity index (χ1) is 6.47. The van der Waals surface area contributed by atoms with E-state index in [0.29, 0.717) is 10.8 Å². The molecule has 76 valence electrons. The highest BCUT2D eigenvalue weighted by atomic mass is 32.2. The molecule has 4 heteroatoms. The molecule has 0 bridgehead atoms. The Bertz CT molecular complexity index is 461. The van der Waals surface area contributed by atoms with Gasteiger partial charge in [0.1, 0.15) is 0 Å². The molecule has 0 aromatic carbocycles. The Morgan fingerprint density at radius 1 is 1.36 bits per heavy atom. The van der Waals surface area contributed by atoms with Crippen LogP contribution in [0.3, 0.4) is 0 Å². The van der Waals surface area contributed by atoms with Crippen LogP contribution in [0.1, 0.15) is 30.1 Å². The van der Waals surface area contributed by atoms with Gasteiger partial charge in [0.25, 0.3) is 0 Å². The fourth-order valence-corrected chi connectivity index (χ4v) is 2.18. The molecule has 1 heterocycles. The molecule has 14 heavy (non-hydrogen) atoms. The topological polar surface area (TPSA) is 47.0 Å². The Kier molecular flexibility index (Phi) is 2.10. The van der Waals surface area contributed by atoms with Crippen molar-refractivity contribution in [3.63, 3.8) is 0 Å². The summed E-state index contributed by atoms with van der Waals surface area (Å²) in [6.45, 7) is 1.83. The normalized spacial score (nSPS) is 17.0. The van der Waals surface area contributed by atoms with E-state index in [9.17, 15) is 8.42 Å². The van der Waals surface area contributed by atoms with Crippen LogP contribution >= 0.6 is 0 Å². The Morgan fingerprint density at radius 2 is 2.00 bits per heavy atom. The number of rotatable bonds is 2. The van der Waals surface area contributed by atoms with Gasteiger partial charge in [-0.2, -0.15) is 0 Å². The van der Waals surface area contributed by atoms with Crippen LogP contribution in [0.2, 0.25) is 0 Å². The second-order valence-corrected chi connectivity index (χ2v) is 5.93. The average molecular weight is 211 g/mol. The zero-order chi connectivity index (χ0) is 10.3. The van der Waals surface area contributed by atoms with Gasteiger partial charge in [0.2, 0.25) is 0 Å². The van der Waals surface area contributed by atoms with E-state index >= 15 is 0 Å². The molecule has 0 unspecified atom stereocenters. The number of sulfone groups is 1. The maximum atomic E-state index is 11.4. The van der Waals surface area contributed by atoms with Gasteiger partial charge >= 0.3 is 0 Å². The first-order valence-electron chi connectivity index (χ1n) is 4.65. The van der Waals surface area contributed by atoms with E-state index in [1.165, 1.54) is 6.26 Å². The summed E-state index contributed by atoms with van der Waals surface area (Å²) in [6.07, 6.45) is 3.51. The van der Waals surface area contributed by atoms with Crippen LogP contribution in [0.25, 0.3) is 0 Å². The van der Waals surface area contributed by atoms with Gasteiger partial charge in [-0.25, -0.2) is 8.42 Å². The second kappa shape index (κ2) is 3.05. The van der Waals surface area contributed by atoms with Crippen molar-refractivity contribution in [2.75, 3.05) is 6.26 Å². The Labute approximate surface area is 84.1 Å². The van der Waals surface area contributed by atoms with E-state index in [4.69, 9.17) is 0 Å². The Balaban J connectivity index is 2.51. The lowest BCUT2D eigenvalue weighted by atomic mass is 10.2. The molecule has 2 rings (SSSR count). The van der Waals surface area contributed by atoms with Crippen molar-refractivity contribution >= 4 is 9.84 Å². The SMILES string of the molecule is Cc1cc(S(C)(=O)=O)cc(C2CC2)n1. The molecule has 3 nitrogen and oxygen atoms in total. The third kappa shape index (κ3) is 1.95. The molecule has 0 aliphatic heterocycles. The zero-order valence-electron chi connectivity index (χ0n) is 8.32. The maximum Gasteiger partial charge on any atom is 0.175 e. The van der Waals surface area contributed by atoms with Gasteiger partial charge in [-0.1, -0.05) is 0 Å². The molecule has 0 radical (unpaired) electrons. The highest BCUT2D eigenvalue weighted by molar-refractivity contribution is 7.90. The van der Waals surface area contributed by atoms with E-state index in [2.05, 4.69) is 4.98 Å². The van der Waals surface area contributed by atoms with Crippen LogP contribution in [0.4, 0.5) is 0 Å². The molecular formula is C10H13NO2S. The van der Waals surface area contributed by atoms with E-state index < -0.39 is 9.84 Å². The molecule has 0 atom stereocenters. The molecule has 1 aliphatic rings. The fraction of sp³-hybridized carbons (Fsp3) is 0.500. The summed E-state index contributed by atoms with van der Waals surface area (Å²) >= 11 is 0. The van der Waals surface area contributed by atoms with Crippen molar-refractivity contribution in [2.45, 2.75) is 30.6 Å². The van der Waals surface area contributed by atoms with Gasteiger partial charge in [0.15, 0.2) is 9.84 Å². The summed E-state index contributed by atoms with van der Waals surface area (Å²) in [4.78, 5) is 4.74. The maximum absolute atomic E-state index is 11.4. The highest BCUT2D eigenvalue weighted by Gasteiger charge is 2.26. The van der Waals surface area contributed by atoms with Crippen LogP contribution in [-0.4, -0.2) is 19.7 Å². The van der Waals surface area contributed by atoms with Gasteiger partial charge in [0.05, 0.1) is 4.90 Å². The van der Waals surface area contributed by atoms with Crippen molar-refractivity contribution < 1.29 is 8.42 Å². The van der Waals surface area contributed by atoms with Gasteiger partial charge in [0, 0.05) is 23.6 Å². The third-order valence-corrected chi connectivity index (χ3v) is 3.46. The first-order valence-corrected chi connectivity index (χ1v) is 6.54. The minimum Gasteiger partial charge on any atom is -0.258 e. The van der Waals surface area contributed by atoms with E-state index in [-0.39, 0.29) is 0 Å². The van der Waals surface area contributed by atoms with Crippen LogP contribution < -0.4 is 0 Å². The Hall–Kier alpha value is -0.900. The number of nitrogens with zero attached hydrogens (tertiary/aromatic N) is 1. The lowest BCUT2D eigenvalue weighted by Crippen LogP contribution is -2.01. The van der Waals surface area contributed by atoms with Crippen LogP contribution in [0.15, 0.2) is 17.0 Å². The second-order valence-electron chi connectivity index (χ2n) is 3.92. The standard InChI is InChI=1S/C10H13NO2S/c1-7-5-9(14(2,12)13)6-10(11-7)8-3-4-8/h5-6,8H,3-4H2,1-2H3. The molecule has 0 amide bonds. The fourth-order valence-electron chi connectivity index (χ4n) is 1.46. The predicted molar refractivity (Wildman–Crippen MR) is 54.1 cm³/mol. The molecule has 1 saturated carbocycles. The largest absolute Gasteiger partial charge is 0.258 e. The van der Waals surface area contributed by atoms with Gasteiger partial charge < -0.3 is 0 Å². The van der Waals surface area contributed by atoms with Crippen LogP contribution in [0.5, 0.6) is 0 Å². The van der Waals surface area contributed by atoms with Crippen molar-refractivity contribution in [2.24, 2.45) is 0 Å². The summed E-state index contributed by atoms with van der Waals surface area (Å²) < 4.78 is 22.7. The van der Waals surface area contributed by atoms with Crippen molar-refractivity contribution in [3.05, 3.63) is 23.5 Å². The van der Waals surface area contributed by atoms with Gasteiger partial charge in [-0.15, -0.1) is 0 Å². The van der Waals surface area contributed by atoms with E-state index in [1.807, 2.05) is 6.92 Å². The number of hydrogen-bond acceptors (Lipinski definition) is 3. The number of hydrogen-bond donors (Lipinski definition) is 0. The summed E-state index contributed by atoms with van der Waals surface area (Å²) in [6, 6.07) is 3.33. The summed E-state index contributed by atoms with van der Waals surface area (Å²) in [5.41, 5.74) is 1.72. The monoisotopic (exact) mass is 211 g/mol. The molecule has 1 aliphatic carbocycles. The molecule has 0 spiro atoms. The van der Waals surface area contributed by atoms with Crippen molar-refractivity contribution in [1.82, 2.24) is 4.98 Å². The third-order valence-electron chi connectivity index (χ3n) is 2.37. The summed E-state index contributed by atoms with van der Waals surface area (Å²) in [5, 5.41) is 0. The molecule has 0 saturated heterocycles. The van der Waals surface area contributed by atoms with Crippen molar-refractivity contribution in [1.29, 1.82) is 0 Å².